The molecular weight excluding hydrogens is 286 g/mol. The van der Waals surface area contributed by atoms with Gasteiger partial charge in [-0.15, -0.1) is 0 Å². The van der Waals surface area contributed by atoms with E-state index in [-0.39, 0.29) is 4.90 Å². The average molecular weight is 305 g/mol. The number of hydrogen-bond acceptors (Lipinski definition) is 4. The first-order valence-corrected chi connectivity index (χ1v) is 8.25. The van der Waals surface area contributed by atoms with Crippen LogP contribution in [0.2, 0.25) is 0 Å². The van der Waals surface area contributed by atoms with Crippen molar-refractivity contribution in [3.63, 3.8) is 0 Å². The number of benzene rings is 1. The van der Waals surface area contributed by atoms with E-state index in [1.54, 1.807) is 24.3 Å². The summed E-state index contributed by atoms with van der Waals surface area (Å²) in [5, 5.41) is 3.19. The Labute approximate surface area is 125 Å². The lowest BCUT2D eigenvalue weighted by Gasteiger charge is -2.09. The van der Waals surface area contributed by atoms with Crippen LogP contribution in [0.5, 0.6) is 0 Å². The number of nitrogens with zero attached hydrogens (tertiary/aromatic N) is 1. The molecule has 112 valence electrons. The Bertz CT molecular complexity index is 680. The number of nitrogens with one attached hydrogen (secondary N) is 2. The summed E-state index contributed by atoms with van der Waals surface area (Å²) >= 11 is 0. The molecule has 0 atom stereocenters. The fourth-order valence-corrected chi connectivity index (χ4v) is 2.84. The van der Waals surface area contributed by atoms with Gasteiger partial charge in [-0.25, -0.2) is 8.42 Å². The summed E-state index contributed by atoms with van der Waals surface area (Å²) in [6.45, 7) is 5.48. The van der Waals surface area contributed by atoms with Crippen molar-refractivity contribution in [3.05, 3.63) is 53.9 Å². The Hall–Kier alpha value is -1.92. The Morgan fingerprint density at radius 1 is 1.10 bits per heavy atom. The predicted molar refractivity (Wildman–Crippen MR) is 83.6 cm³/mol. The van der Waals surface area contributed by atoms with Gasteiger partial charge in [-0.3, -0.25) is 9.71 Å². The highest BCUT2D eigenvalue weighted by Crippen LogP contribution is 2.16. The quantitative estimate of drug-likeness (QED) is 0.859. The number of anilines is 1. The van der Waals surface area contributed by atoms with Crippen LogP contribution in [-0.4, -0.2) is 19.9 Å². The number of aromatic nitrogens is 1. The summed E-state index contributed by atoms with van der Waals surface area (Å²) in [6, 6.07) is 10.3. The number of rotatable bonds is 6. The molecule has 1 aromatic heterocycles. The maximum atomic E-state index is 12.3. The molecular formula is C15H19N3O2S. The van der Waals surface area contributed by atoms with Gasteiger partial charge in [-0.2, -0.15) is 0 Å². The zero-order valence-corrected chi connectivity index (χ0v) is 12.9. The largest absolute Gasteiger partial charge is 0.313 e. The molecule has 2 aromatic rings. The van der Waals surface area contributed by atoms with Crippen LogP contribution >= 0.6 is 0 Å². The van der Waals surface area contributed by atoms with Crippen molar-refractivity contribution >= 4 is 15.7 Å². The molecule has 0 spiro atoms. The first kappa shape index (κ1) is 15.5. The lowest BCUT2D eigenvalue weighted by Crippen LogP contribution is -2.14. The van der Waals surface area contributed by atoms with E-state index in [1.165, 1.54) is 6.20 Å². The lowest BCUT2D eigenvalue weighted by molar-refractivity contribution is 0.601. The summed E-state index contributed by atoms with van der Waals surface area (Å²) in [5.41, 5.74) is 2.34. The van der Waals surface area contributed by atoms with Gasteiger partial charge in [0.2, 0.25) is 0 Å². The molecule has 0 amide bonds. The van der Waals surface area contributed by atoms with Gasteiger partial charge in [-0.05, 0) is 43.3 Å². The third-order valence-corrected chi connectivity index (χ3v) is 4.37. The zero-order chi connectivity index (χ0) is 15.3. The van der Waals surface area contributed by atoms with Crippen LogP contribution in [0.15, 0.2) is 47.5 Å². The van der Waals surface area contributed by atoms with Gasteiger partial charge in [0.25, 0.3) is 10.0 Å². The number of sulfonamides is 1. The highest BCUT2D eigenvalue weighted by atomic mass is 32.2. The van der Waals surface area contributed by atoms with E-state index in [1.807, 2.05) is 26.0 Å². The maximum absolute atomic E-state index is 12.3. The SMILES string of the molecule is CCNCc1ccc(S(=O)(=O)Nc2ccc(C)nc2)cc1. The predicted octanol–water partition coefficient (Wildman–Crippen LogP) is 2.30. The van der Waals surface area contributed by atoms with Crippen molar-refractivity contribution in [2.45, 2.75) is 25.3 Å². The second-order valence-electron chi connectivity index (χ2n) is 4.72. The molecule has 0 saturated carbocycles. The van der Waals surface area contributed by atoms with E-state index in [0.29, 0.717) is 5.69 Å². The van der Waals surface area contributed by atoms with Crippen LogP contribution in [0.3, 0.4) is 0 Å². The summed E-state index contributed by atoms with van der Waals surface area (Å²) in [7, 11) is -3.57. The van der Waals surface area contributed by atoms with Crippen molar-refractivity contribution in [2.24, 2.45) is 0 Å². The Morgan fingerprint density at radius 2 is 1.81 bits per heavy atom. The van der Waals surface area contributed by atoms with E-state index >= 15 is 0 Å². The first-order valence-electron chi connectivity index (χ1n) is 6.76. The van der Waals surface area contributed by atoms with E-state index in [2.05, 4.69) is 15.0 Å². The molecule has 5 nitrogen and oxygen atoms in total. The van der Waals surface area contributed by atoms with Crippen molar-refractivity contribution in [1.82, 2.24) is 10.3 Å². The average Bonchev–Trinajstić information content (AvgIpc) is 2.48. The van der Waals surface area contributed by atoms with Gasteiger partial charge in [0, 0.05) is 12.2 Å². The van der Waals surface area contributed by atoms with E-state index < -0.39 is 10.0 Å². The molecule has 0 aliphatic carbocycles. The van der Waals surface area contributed by atoms with Gasteiger partial charge in [0.1, 0.15) is 0 Å². The van der Waals surface area contributed by atoms with Crippen molar-refractivity contribution in [3.8, 4) is 0 Å². The summed E-state index contributed by atoms with van der Waals surface area (Å²) in [6.07, 6.45) is 1.51. The van der Waals surface area contributed by atoms with Gasteiger partial charge in [-0.1, -0.05) is 19.1 Å². The Balaban J connectivity index is 2.13. The molecule has 0 aliphatic heterocycles. The minimum Gasteiger partial charge on any atom is -0.313 e. The highest BCUT2D eigenvalue weighted by molar-refractivity contribution is 7.92. The minimum atomic E-state index is -3.57. The molecule has 6 heteroatoms. The molecule has 2 N–H and O–H groups in total. The van der Waals surface area contributed by atoms with E-state index in [0.717, 1.165) is 24.3 Å². The smallest absolute Gasteiger partial charge is 0.261 e. The van der Waals surface area contributed by atoms with Gasteiger partial charge in [0.15, 0.2) is 0 Å². The molecule has 0 aliphatic rings. The van der Waals surface area contributed by atoms with E-state index in [4.69, 9.17) is 0 Å². The van der Waals surface area contributed by atoms with Gasteiger partial charge >= 0.3 is 0 Å². The number of hydrogen-bond donors (Lipinski definition) is 2. The molecule has 21 heavy (non-hydrogen) atoms. The minimum absolute atomic E-state index is 0.239. The standard InChI is InChI=1S/C15H19N3O2S/c1-3-16-10-13-5-8-15(9-6-13)21(19,20)18-14-7-4-12(2)17-11-14/h4-9,11,16,18H,3,10H2,1-2H3. The molecule has 2 rings (SSSR count). The highest BCUT2D eigenvalue weighted by Gasteiger charge is 2.14. The van der Waals surface area contributed by atoms with Crippen molar-refractivity contribution in [2.75, 3.05) is 11.3 Å². The lowest BCUT2D eigenvalue weighted by atomic mass is 10.2. The summed E-state index contributed by atoms with van der Waals surface area (Å²) < 4.78 is 27.0. The molecule has 1 heterocycles. The monoisotopic (exact) mass is 305 g/mol. The van der Waals surface area contributed by atoms with Crippen molar-refractivity contribution in [1.29, 1.82) is 0 Å². The van der Waals surface area contributed by atoms with Crippen molar-refractivity contribution < 1.29 is 8.42 Å². The van der Waals surface area contributed by atoms with Crippen LogP contribution in [0, 0.1) is 6.92 Å². The molecule has 0 saturated heterocycles. The van der Waals surface area contributed by atoms with Crippen LogP contribution in [0.1, 0.15) is 18.2 Å². The first-order chi connectivity index (χ1) is 10.0. The Morgan fingerprint density at radius 3 is 2.38 bits per heavy atom. The van der Waals surface area contributed by atoms with Gasteiger partial charge in [0.05, 0.1) is 16.8 Å². The second kappa shape index (κ2) is 6.69. The van der Waals surface area contributed by atoms with Crippen LogP contribution < -0.4 is 10.0 Å². The molecule has 0 fully saturated rings. The zero-order valence-electron chi connectivity index (χ0n) is 12.1. The third-order valence-electron chi connectivity index (χ3n) is 2.98. The molecule has 0 radical (unpaired) electrons. The normalized spacial score (nSPS) is 11.3. The number of aryl methyl sites for hydroxylation is 1. The molecule has 0 unspecified atom stereocenters. The Kier molecular flexibility index (Phi) is 4.93. The summed E-state index contributed by atoms with van der Waals surface area (Å²) in [4.78, 5) is 4.31. The molecule has 1 aromatic carbocycles. The van der Waals surface area contributed by atoms with Crippen LogP contribution in [0.4, 0.5) is 5.69 Å². The van der Waals surface area contributed by atoms with Gasteiger partial charge < -0.3 is 5.32 Å². The molecule has 0 bridgehead atoms. The topological polar surface area (TPSA) is 71.1 Å². The summed E-state index contributed by atoms with van der Waals surface area (Å²) in [5.74, 6) is 0. The fraction of sp³-hybridized carbons (Fsp3) is 0.267. The van der Waals surface area contributed by atoms with Crippen LogP contribution in [-0.2, 0) is 16.6 Å². The fourth-order valence-electron chi connectivity index (χ4n) is 1.80. The third kappa shape index (κ3) is 4.27. The van der Waals surface area contributed by atoms with E-state index in [9.17, 15) is 8.42 Å². The second-order valence-corrected chi connectivity index (χ2v) is 6.40. The van der Waals surface area contributed by atoms with Crippen LogP contribution in [0.25, 0.3) is 0 Å². The maximum Gasteiger partial charge on any atom is 0.261 e. The number of pyridine rings is 1.